The number of imide groups is 1. The third kappa shape index (κ3) is 2.55. The Balaban J connectivity index is 1.58. The topological polar surface area (TPSA) is 97.1 Å². The van der Waals surface area contributed by atoms with Gasteiger partial charge in [0.05, 0.1) is 6.04 Å². The summed E-state index contributed by atoms with van der Waals surface area (Å²) in [5.74, 6) is -0.878. The van der Waals surface area contributed by atoms with Crippen LogP contribution >= 0.6 is 0 Å². The Morgan fingerprint density at radius 2 is 1.96 bits per heavy atom. The van der Waals surface area contributed by atoms with Crippen molar-refractivity contribution in [1.82, 2.24) is 9.80 Å². The molecule has 0 bridgehead atoms. The molecule has 0 radical (unpaired) electrons. The largest absolute Gasteiger partial charge is 0.439 e. The third-order valence-electron chi connectivity index (χ3n) is 4.47. The molecule has 2 aromatic rings. The molecule has 3 amide bonds. The summed E-state index contributed by atoms with van der Waals surface area (Å²) in [7, 11) is 0. The Morgan fingerprint density at radius 3 is 2.72 bits per heavy atom. The summed E-state index contributed by atoms with van der Waals surface area (Å²) in [6, 6.07) is 8.00. The van der Waals surface area contributed by atoms with Gasteiger partial charge < -0.3 is 14.1 Å². The Morgan fingerprint density at radius 1 is 1.16 bits per heavy atom. The molecule has 1 aromatic heterocycles. The van der Waals surface area contributed by atoms with Gasteiger partial charge in [0.15, 0.2) is 6.61 Å². The Bertz CT molecular complexity index is 934. The number of carbonyl (C=O) groups is 3. The molecule has 1 aromatic carbocycles. The minimum absolute atomic E-state index is 0.0605. The lowest BCUT2D eigenvalue weighted by molar-refractivity contribution is -0.127. The van der Waals surface area contributed by atoms with E-state index < -0.39 is 29.6 Å². The predicted octanol–water partition coefficient (Wildman–Crippen LogP) is 0.986. The number of amides is 3. The van der Waals surface area contributed by atoms with Gasteiger partial charge in [-0.1, -0.05) is 18.2 Å². The maximum atomic E-state index is 12.7. The Hall–Kier alpha value is -3.16. The number of likely N-dealkylation sites (tertiary alicyclic amines) is 1. The molecule has 128 valence electrons. The molecular weight excluding hydrogens is 328 g/mol. The number of benzene rings is 1. The predicted molar refractivity (Wildman–Crippen MR) is 85.0 cm³/mol. The zero-order valence-electron chi connectivity index (χ0n) is 13.1. The number of ether oxygens (including phenoxy) is 1. The van der Waals surface area contributed by atoms with Crippen molar-refractivity contribution in [2.75, 3.05) is 19.7 Å². The first-order valence-corrected chi connectivity index (χ1v) is 7.85. The zero-order chi connectivity index (χ0) is 17.6. The number of para-hydroxylation sites is 1. The van der Waals surface area contributed by atoms with Crippen molar-refractivity contribution < 1.29 is 23.5 Å². The summed E-state index contributed by atoms with van der Waals surface area (Å²) in [5, 5.41) is 0.652. The monoisotopic (exact) mass is 342 g/mol. The molecule has 2 aliphatic rings. The molecule has 0 saturated carbocycles. The molecule has 2 fully saturated rings. The average molecular weight is 342 g/mol. The summed E-state index contributed by atoms with van der Waals surface area (Å²) in [6.45, 7) is 0.246. The smallest absolute Gasteiger partial charge is 0.417 e. The van der Waals surface area contributed by atoms with E-state index in [-0.39, 0.29) is 18.7 Å². The fourth-order valence-corrected chi connectivity index (χ4v) is 3.24. The quantitative estimate of drug-likeness (QED) is 0.755. The second-order valence-corrected chi connectivity index (χ2v) is 6.00. The minimum Gasteiger partial charge on any atom is -0.439 e. The SMILES string of the molecule is O=C(c1cc2ccccc2oc1=O)N1CCC(N2C(=O)COC2=O)C1. The van der Waals surface area contributed by atoms with Gasteiger partial charge in [-0.3, -0.25) is 9.59 Å². The summed E-state index contributed by atoms with van der Waals surface area (Å²) in [6.07, 6.45) is -0.236. The van der Waals surface area contributed by atoms with Gasteiger partial charge in [0.2, 0.25) is 0 Å². The number of hydrogen-bond acceptors (Lipinski definition) is 6. The molecule has 25 heavy (non-hydrogen) atoms. The summed E-state index contributed by atoms with van der Waals surface area (Å²) in [4.78, 5) is 50.7. The van der Waals surface area contributed by atoms with Crippen LogP contribution in [0.1, 0.15) is 16.8 Å². The van der Waals surface area contributed by atoms with E-state index in [1.54, 1.807) is 24.3 Å². The van der Waals surface area contributed by atoms with Gasteiger partial charge in [-0.25, -0.2) is 14.5 Å². The van der Waals surface area contributed by atoms with Crippen LogP contribution in [0.25, 0.3) is 11.0 Å². The van der Waals surface area contributed by atoms with Crippen LogP contribution in [0.4, 0.5) is 4.79 Å². The van der Waals surface area contributed by atoms with Gasteiger partial charge in [0.25, 0.3) is 11.8 Å². The van der Waals surface area contributed by atoms with Gasteiger partial charge in [-0.05, 0) is 18.6 Å². The van der Waals surface area contributed by atoms with Crippen LogP contribution in [0.5, 0.6) is 0 Å². The normalized spacial score (nSPS) is 20.4. The maximum absolute atomic E-state index is 12.7. The first-order chi connectivity index (χ1) is 12.0. The fraction of sp³-hybridized carbons (Fsp3) is 0.294. The van der Waals surface area contributed by atoms with Crippen molar-refractivity contribution in [3.05, 3.63) is 46.3 Å². The van der Waals surface area contributed by atoms with E-state index in [0.29, 0.717) is 23.9 Å². The van der Waals surface area contributed by atoms with E-state index in [9.17, 15) is 19.2 Å². The second kappa shape index (κ2) is 5.73. The first-order valence-electron chi connectivity index (χ1n) is 7.85. The zero-order valence-corrected chi connectivity index (χ0v) is 13.1. The molecule has 2 saturated heterocycles. The fourth-order valence-electron chi connectivity index (χ4n) is 3.24. The Kier molecular flexibility index (Phi) is 3.52. The lowest BCUT2D eigenvalue weighted by Gasteiger charge is -2.20. The maximum Gasteiger partial charge on any atom is 0.417 e. The highest BCUT2D eigenvalue weighted by atomic mass is 16.6. The highest BCUT2D eigenvalue weighted by Crippen LogP contribution is 2.22. The summed E-state index contributed by atoms with van der Waals surface area (Å²) >= 11 is 0. The van der Waals surface area contributed by atoms with Crippen LogP contribution in [-0.4, -0.2) is 53.4 Å². The number of fused-ring (bicyclic) bond motifs is 1. The highest BCUT2D eigenvalue weighted by Gasteiger charge is 2.41. The molecule has 8 heteroatoms. The van der Waals surface area contributed by atoms with Crippen LogP contribution in [0.15, 0.2) is 39.5 Å². The lowest BCUT2D eigenvalue weighted by atomic mass is 10.1. The number of hydrogen-bond donors (Lipinski definition) is 0. The minimum atomic E-state index is -0.705. The van der Waals surface area contributed by atoms with E-state index in [1.165, 1.54) is 11.0 Å². The third-order valence-corrected chi connectivity index (χ3v) is 4.47. The lowest BCUT2D eigenvalue weighted by Crippen LogP contribution is -2.42. The van der Waals surface area contributed by atoms with E-state index >= 15 is 0 Å². The molecule has 0 N–H and O–H groups in total. The van der Waals surface area contributed by atoms with Crippen LogP contribution < -0.4 is 5.63 Å². The standard InChI is InChI=1S/C17H14N2O6/c20-14-9-24-17(23)19(14)11-5-6-18(8-11)15(21)12-7-10-3-1-2-4-13(10)25-16(12)22/h1-4,7,11H,5-6,8-9H2. The van der Waals surface area contributed by atoms with Crippen molar-refractivity contribution >= 4 is 28.9 Å². The van der Waals surface area contributed by atoms with E-state index in [1.807, 2.05) is 0 Å². The van der Waals surface area contributed by atoms with Gasteiger partial charge in [-0.2, -0.15) is 0 Å². The van der Waals surface area contributed by atoms with Gasteiger partial charge >= 0.3 is 11.7 Å². The van der Waals surface area contributed by atoms with Gasteiger partial charge in [-0.15, -0.1) is 0 Å². The molecule has 1 atom stereocenters. The molecule has 0 spiro atoms. The van der Waals surface area contributed by atoms with Crippen molar-refractivity contribution in [1.29, 1.82) is 0 Å². The van der Waals surface area contributed by atoms with Crippen molar-refractivity contribution in [3.63, 3.8) is 0 Å². The number of cyclic esters (lactones) is 1. The second-order valence-electron chi connectivity index (χ2n) is 6.00. The molecular formula is C17H14N2O6. The Labute approximate surface area is 141 Å². The van der Waals surface area contributed by atoms with E-state index in [2.05, 4.69) is 0 Å². The highest BCUT2D eigenvalue weighted by molar-refractivity contribution is 5.99. The van der Waals surface area contributed by atoms with E-state index in [4.69, 9.17) is 9.15 Å². The molecule has 2 aliphatic heterocycles. The van der Waals surface area contributed by atoms with Gasteiger partial charge in [0.1, 0.15) is 11.1 Å². The van der Waals surface area contributed by atoms with Crippen molar-refractivity contribution in [2.24, 2.45) is 0 Å². The number of carbonyl (C=O) groups excluding carboxylic acids is 3. The average Bonchev–Trinajstić information content (AvgIpc) is 3.20. The van der Waals surface area contributed by atoms with Crippen LogP contribution in [-0.2, 0) is 9.53 Å². The molecule has 3 heterocycles. The van der Waals surface area contributed by atoms with Crippen LogP contribution in [0.2, 0.25) is 0 Å². The first kappa shape index (κ1) is 15.4. The van der Waals surface area contributed by atoms with Crippen molar-refractivity contribution in [3.8, 4) is 0 Å². The van der Waals surface area contributed by atoms with Crippen LogP contribution in [0.3, 0.4) is 0 Å². The molecule has 8 nitrogen and oxygen atoms in total. The van der Waals surface area contributed by atoms with Crippen LogP contribution in [0, 0.1) is 0 Å². The van der Waals surface area contributed by atoms with Crippen molar-refractivity contribution in [2.45, 2.75) is 12.5 Å². The number of rotatable bonds is 2. The van der Waals surface area contributed by atoms with E-state index in [0.717, 1.165) is 4.90 Å². The molecule has 1 unspecified atom stereocenters. The number of nitrogens with zero attached hydrogens (tertiary/aromatic N) is 2. The molecule has 4 rings (SSSR count). The summed E-state index contributed by atoms with van der Waals surface area (Å²) in [5.41, 5.74) is -0.354. The van der Waals surface area contributed by atoms with Gasteiger partial charge in [0, 0.05) is 18.5 Å². The summed E-state index contributed by atoms with van der Waals surface area (Å²) < 4.78 is 9.90. The molecule has 0 aliphatic carbocycles.